The lowest BCUT2D eigenvalue weighted by Crippen LogP contribution is -2.24. The number of H-pyrrole nitrogens is 1. The molecule has 0 bridgehead atoms. The zero-order valence-corrected chi connectivity index (χ0v) is 18.7. The summed E-state index contributed by atoms with van der Waals surface area (Å²) < 4.78 is 5.94. The largest absolute Gasteiger partial charge is 0.453 e. The van der Waals surface area contributed by atoms with Gasteiger partial charge in [0, 0.05) is 30.0 Å². The minimum absolute atomic E-state index is 0.0108. The van der Waals surface area contributed by atoms with E-state index in [0.717, 1.165) is 22.2 Å². The first-order chi connectivity index (χ1) is 15.9. The Morgan fingerprint density at radius 2 is 2.00 bits per heavy atom. The highest BCUT2D eigenvalue weighted by Crippen LogP contribution is 2.40. The summed E-state index contributed by atoms with van der Waals surface area (Å²) >= 11 is 12.6. The van der Waals surface area contributed by atoms with E-state index < -0.39 is 0 Å². The number of hydrogen-bond donors (Lipinski definition) is 2. The normalized spacial score (nSPS) is 15.7. The van der Waals surface area contributed by atoms with Gasteiger partial charge in [0.05, 0.1) is 21.1 Å². The smallest absolute Gasteiger partial charge is 0.227 e. The second-order valence-electron chi connectivity index (χ2n) is 7.76. The summed E-state index contributed by atoms with van der Waals surface area (Å²) in [6.07, 6.45) is 0.343. The van der Waals surface area contributed by atoms with Crippen molar-refractivity contribution in [2.75, 3.05) is 17.2 Å². The van der Waals surface area contributed by atoms with Gasteiger partial charge in [-0.1, -0.05) is 35.3 Å². The number of anilines is 2. The number of fused-ring (bicyclic) bond motifs is 1. The Bertz CT molecular complexity index is 1440. The van der Waals surface area contributed by atoms with E-state index in [0.29, 0.717) is 40.1 Å². The van der Waals surface area contributed by atoms with E-state index in [1.54, 1.807) is 35.2 Å². The first-order valence-electron chi connectivity index (χ1n) is 10.1. The number of ether oxygens (including phenoxy) is 1. The molecule has 9 heteroatoms. The van der Waals surface area contributed by atoms with Crippen LogP contribution < -0.4 is 15.4 Å². The standard InChI is InChI=1S/C24H17Cl2N5O2/c25-18-6-4-13(8-21(18)33-23-14(11-27)2-1-3-19(23)26)15-9-22(32)31(12-15)16-5-7-20-17(10-16)24(28)30-29-20/h1-8,10,15H,9,12H2,(H3,28,29,30). The molecule has 33 heavy (non-hydrogen) atoms. The molecule has 2 heterocycles. The zero-order chi connectivity index (χ0) is 23.1. The van der Waals surface area contributed by atoms with Crippen molar-refractivity contribution < 1.29 is 9.53 Å². The van der Waals surface area contributed by atoms with Gasteiger partial charge in [-0.05, 0) is 48.0 Å². The van der Waals surface area contributed by atoms with Crippen LogP contribution in [0.15, 0.2) is 54.6 Å². The van der Waals surface area contributed by atoms with Gasteiger partial charge in [-0.25, -0.2) is 0 Å². The zero-order valence-electron chi connectivity index (χ0n) is 17.2. The number of para-hydroxylation sites is 1. The molecule has 1 aliphatic heterocycles. The molecular formula is C24H17Cl2N5O2. The fourth-order valence-electron chi connectivity index (χ4n) is 4.03. The minimum Gasteiger partial charge on any atom is -0.453 e. The quantitative estimate of drug-likeness (QED) is 0.395. The van der Waals surface area contributed by atoms with Crippen molar-refractivity contribution in [3.8, 4) is 17.6 Å². The van der Waals surface area contributed by atoms with Crippen molar-refractivity contribution in [1.82, 2.24) is 10.2 Å². The average molecular weight is 478 g/mol. The number of aromatic amines is 1. The number of amides is 1. The number of nitrogen functional groups attached to an aromatic ring is 1. The first kappa shape index (κ1) is 21.1. The van der Waals surface area contributed by atoms with Crippen LogP contribution in [0.25, 0.3) is 10.9 Å². The summed E-state index contributed by atoms with van der Waals surface area (Å²) in [6.45, 7) is 0.499. The SMILES string of the molecule is N#Cc1cccc(Cl)c1Oc1cc(C2CC(=O)N(c3ccc4[nH]nc(N)c4c3)C2)ccc1Cl. The number of hydrogen-bond acceptors (Lipinski definition) is 5. The van der Waals surface area contributed by atoms with Crippen molar-refractivity contribution in [1.29, 1.82) is 5.26 Å². The maximum atomic E-state index is 12.8. The second-order valence-corrected chi connectivity index (χ2v) is 8.58. The van der Waals surface area contributed by atoms with Crippen molar-refractivity contribution in [2.24, 2.45) is 0 Å². The number of rotatable bonds is 4. The molecule has 0 aliphatic carbocycles. The van der Waals surface area contributed by atoms with Gasteiger partial charge in [-0.15, -0.1) is 0 Å². The first-order valence-corrected chi connectivity index (χ1v) is 10.9. The molecule has 0 spiro atoms. The number of halogens is 2. The van der Waals surface area contributed by atoms with Crippen LogP contribution in [-0.2, 0) is 4.79 Å². The number of nitrogens with one attached hydrogen (secondary N) is 1. The molecule has 1 amide bonds. The van der Waals surface area contributed by atoms with Gasteiger partial charge in [0.2, 0.25) is 5.91 Å². The molecule has 3 N–H and O–H groups in total. The van der Waals surface area contributed by atoms with Crippen molar-refractivity contribution >= 4 is 51.5 Å². The lowest BCUT2D eigenvalue weighted by Gasteiger charge is -2.18. The molecule has 3 aromatic carbocycles. The number of carbonyl (C=O) groups excluding carboxylic acids is 1. The maximum Gasteiger partial charge on any atom is 0.227 e. The minimum atomic E-state index is -0.0591. The highest BCUT2D eigenvalue weighted by atomic mass is 35.5. The number of nitrogens with zero attached hydrogens (tertiary/aromatic N) is 3. The van der Waals surface area contributed by atoms with Crippen LogP contribution in [-0.4, -0.2) is 22.6 Å². The van der Waals surface area contributed by atoms with Crippen molar-refractivity contribution in [2.45, 2.75) is 12.3 Å². The molecule has 5 rings (SSSR count). The maximum absolute atomic E-state index is 12.8. The lowest BCUT2D eigenvalue weighted by atomic mass is 9.98. The van der Waals surface area contributed by atoms with E-state index in [1.807, 2.05) is 24.3 Å². The average Bonchev–Trinajstić information content (AvgIpc) is 3.38. The summed E-state index contributed by atoms with van der Waals surface area (Å²) in [5.41, 5.74) is 8.71. The molecule has 0 radical (unpaired) electrons. The fraction of sp³-hybridized carbons (Fsp3) is 0.125. The molecule has 1 aliphatic rings. The third kappa shape index (κ3) is 3.84. The molecule has 7 nitrogen and oxygen atoms in total. The summed E-state index contributed by atoms with van der Waals surface area (Å²) in [5, 5.41) is 17.7. The molecule has 1 saturated heterocycles. The van der Waals surface area contributed by atoms with Gasteiger partial charge in [-0.2, -0.15) is 10.4 Å². The molecule has 1 atom stereocenters. The Kier molecular flexibility index (Phi) is 5.33. The van der Waals surface area contributed by atoms with Crippen molar-refractivity contribution in [3.63, 3.8) is 0 Å². The number of nitriles is 1. The van der Waals surface area contributed by atoms with E-state index in [4.69, 9.17) is 33.7 Å². The third-order valence-corrected chi connectivity index (χ3v) is 6.35. The Labute approximate surface area is 199 Å². The van der Waals surface area contributed by atoms with Crippen LogP contribution in [0.3, 0.4) is 0 Å². The Morgan fingerprint density at radius 3 is 2.82 bits per heavy atom. The number of benzene rings is 3. The Hall–Kier alpha value is -3.73. The van der Waals surface area contributed by atoms with Crippen LogP contribution in [0.1, 0.15) is 23.5 Å². The van der Waals surface area contributed by atoms with E-state index in [1.165, 1.54) is 0 Å². The topological polar surface area (TPSA) is 108 Å². The second kappa shape index (κ2) is 8.32. The number of aromatic nitrogens is 2. The molecule has 1 aromatic heterocycles. The van der Waals surface area contributed by atoms with Crippen LogP contribution >= 0.6 is 23.2 Å². The van der Waals surface area contributed by atoms with E-state index in [2.05, 4.69) is 16.3 Å². The fourth-order valence-corrected chi connectivity index (χ4v) is 4.40. The summed E-state index contributed by atoms with van der Waals surface area (Å²) in [4.78, 5) is 14.6. The molecule has 1 unspecified atom stereocenters. The number of carbonyl (C=O) groups is 1. The monoisotopic (exact) mass is 477 g/mol. The van der Waals surface area contributed by atoms with Gasteiger partial charge in [0.15, 0.2) is 11.6 Å². The van der Waals surface area contributed by atoms with E-state index in [9.17, 15) is 10.1 Å². The molecule has 1 fully saturated rings. The van der Waals surface area contributed by atoms with Gasteiger partial charge >= 0.3 is 0 Å². The predicted octanol–water partition coefficient (Wildman–Crippen LogP) is 5.64. The van der Waals surface area contributed by atoms with Crippen LogP contribution in [0.4, 0.5) is 11.5 Å². The summed E-state index contributed by atoms with van der Waals surface area (Å²) in [5.74, 6) is 0.965. The summed E-state index contributed by atoms with van der Waals surface area (Å²) in [6, 6.07) is 18.0. The van der Waals surface area contributed by atoms with Gasteiger partial charge < -0.3 is 15.4 Å². The molecule has 164 valence electrons. The van der Waals surface area contributed by atoms with Crippen LogP contribution in [0, 0.1) is 11.3 Å². The van der Waals surface area contributed by atoms with Crippen LogP contribution in [0.2, 0.25) is 10.0 Å². The molecule has 4 aromatic rings. The summed E-state index contributed by atoms with van der Waals surface area (Å²) in [7, 11) is 0. The van der Waals surface area contributed by atoms with E-state index in [-0.39, 0.29) is 17.6 Å². The molecular weight excluding hydrogens is 461 g/mol. The third-order valence-electron chi connectivity index (χ3n) is 5.74. The highest BCUT2D eigenvalue weighted by molar-refractivity contribution is 6.33. The van der Waals surface area contributed by atoms with Gasteiger partial charge in [0.1, 0.15) is 11.8 Å². The van der Waals surface area contributed by atoms with E-state index >= 15 is 0 Å². The van der Waals surface area contributed by atoms with Crippen LogP contribution in [0.5, 0.6) is 11.5 Å². The van der Waals surface area contributed by atoms with Gasteiger partial charge in [0.25, 0.3) is 0 Å². The van der Waals surface area contributed by atoms with Gasteiger partial charge in [-0.3, -0.25) is 9.89 Å². The lowest BCUT2D eigenvalue weighted by molar-refractivity contribution is -0.117. The highest BCUT2D eigenvalue weighted by Gasteiger charge is 2.32. The molecule has 0 saturated carbocycles. The Morgan fingerprint density at radius 1 is 1.15 bits per heavy atom. The predicted molar refractivity (Wildman–Crippen MR) is 128 cm³/mol. The number of nitrogens with two attached hydrogens (primary N) is 1. The van der Waals surface area contributed by atoms with Crippen molar-refractivity contribution in [3.05, 3.63) is 75.8 Å². The Balaban J connectivity index is 1.43.